The highest BCUT2D eigenvalue weighted by molar-refractivity contribution is 5.85. The summed E-state index contributed by atoms with van der Waals surface area (Å²) in [5.74, 6) is 0.268. The summed E-state index contributed by atoms with van der Waals surface area (Å²) in [7, 11) is 0. The molecule has 0 atom stereocenters. The van der Waals surface area contributed by atoms with E-state index in [4.69, 9.17) is 0 Å². The Morgan fingerprint density at radius 3 is 2.81 bits per heavy atom. The Morgan fingerprint density at radius 1 is 1.56 bits per heavy atom. The Labute approximate surface area is 103 Å². The number of nitrogens with one attached hydrogen (secondary N) is 2. The lowest BCUT2D eigenvalue weighted by molar-refractivity contribution is -0.126. The first kappa shape index (κ1) is 13.5. The molecule has 2 rings (SSSR count). The molecule has 1 saturated carbocycles. The lowest BCUT2D eigenvalue weighted by atomic mass is 10.0. The van der Waals surface area contributed by atoms with Crippen LogP contribution in [0.15, 0.2) is 11.6 Å². The normalized spacial score (nSPS) is 21.7. The second kappa shape index (κ2) is 5.69. The van der Waals surface area contributed by atoms with Gasteiger partial charge in [-0.1, -0.05) is 18.6 Å². The first-order valence-corrected chi connectivity index (χ1v) is 5.94. The smallest absolute Gasteiger partial charge is 0.226 e. The van der Waals surface area contributed by atoms with Gasteiger partial charge in [-0.15, -0.1) is 12.4 Å². The summed E-state index contributed by atoms with van der Waals surface area (Å²) in [5.41, 5.74) is 1.38. The number of hydrogen-bond donors (Lipinski definition) is 2. The molecule has 1 aliphatic carbocycles. The number of rotatable bonds is 4. The Kier molecular flexibility index (Phi) is 4.81. The number of carbonyl (C=O) groups is 1. The van der Waals surface area contributed by atoms with Crippen LogP contribution in [0.25, 0.3) is 0 Å². The first-order valence-electron chi connectivity index (χ1n) is 5.94. The number of amides is 1. The van der Waals surface area contributed by atoms with Gasteiger partial charge in [-0.25, -0.2) is 0 Å². The molecule has 2 N–H and O–H groups in total. The van der Waals surface area contributed by atoms with Crippen molar-refractivity contribution in [2.45, 2.75) is 32.6 Å². The van der Waals surface area contributed by atoms with Crippen molar-refractivity contribution in [2.75, 3.05) is 19.6 Å². The fraction of sp³-hybridized carbons (Fsp3) is 0.750. The monoisotopic (exact) mass is 244 g/mol. The molecule has 0 aromatic rings. The van der Waals surface area contributed by atoms with Crippen molar-refractivity contribution < 1.29 is 4.79 Å². The van der Waals surface area contributed by atoms with Crippen molar-refractivity contribution in [1.82, 2.24) is 10.6 Å². The molecule has 1 aliphatic heterocycles. The van der Waals surface area contributed by atoms with Gasteiger partial charge in [-0.2, -0.15) is 0 Å². The minimum atomic E-state index is 0. The van der Waals surface area contributed by atoms with Gasteiger partial charge < -0.3 is 10.6 Å². The highest BCUT2D eigenvalue weighted by atomic mass is 35.5. The molecule has 0 saturated heterocycles. The molecule has 4 heteroatoms. The Bertz CT molecular complexity index is 285. The Balaban J connectivity index is 0.00000128. The molecule has 1 heterocycles. The van der Waals surface area contributed by atoms with E-state index in [1.165, 1.54) is 5.57 Å². The first-order chi connectivity index (χ1) is 7.27. The van der Waals surface area contributed by atoms with Crippen LogP contribution in [0.4, 0.5) is 0 Å². The third-order valence-electron chi connectivity index (χ3n) is 3.65. The lowest BCUT2D eigenvalue weighted by Crippen LogP contribution is -2.34. The van der Waals surface area contributed by atoms with Crippen LogP contribution in [-0.2, 0) is 4.79 Å². The molecular formula is C12H21ClN2O. The van der Waals surface area contributed by atoms with E-state index < -0.39 is 0 Å². The van der Waals surface area contributed by atoms with Crippen molar-refractivity contribution in [1.29, 1.82) is 0 Å². The molecule has 16 heavy (non-hydrogen) atoms. The molecule has 0 bridgehead atoms. The topological polar surface area (TPSA) is 41.1 Å². The van der Waals surface area contributed by atoms with E-state index in [-0.39, 0.29) is 23.7 Å². The molecule has 1 fully saturated rings. The lowest BCUT2D eigenvalue weighted by Gasteiger charge is -2.17. The van der Waals surface area contributed by atoms with Gasteiger partial charge in [0.05, 0.1) is 0 Å². The van der Waals surface area contributed by atoms with Crippen LogP contribution in [0.2, 0.25) is 0 Å². The molecule has 0 radical (unpaired) electrons. The molecule has 2 aliphatic rings. The average molecular weight is 245 g/mol. The largest absolute Gasteiger partial charge is 0.352 e. The maximum atomic E-state index is 11.8. The number of halogens is 1. The second-order valence-corrected chi connectivity index (χ2v) is 4.63. The highest BCUT2D eigenvalue weighted by Gasteiger charge is 2.47. The summed E-state index contributed by atoms with van der Waals surface area (Å²) in [6.45, 7) is 4.85. The molecule has 0 aromatic carbocycles. The summed E-state index contributed by atoms with van der Waals surface area (Å²) in [5, 5.41) is 6.34. The van der Waals surface area contributed by atoms with E-state index in [2.05, 4.69) is 23.6 Å². The van der Waals surface area contributed by atoms with E-state index in [0.717, 1.165) is 45.3 Å². The predicted octanol–water partition coefficient (Wildman–Crippen LogP) is 1.63. The van der Waals surface area contributed by atoms with E-state index in [9.17, 15) is 4.79 Å². The van der Waals surface area contributed by atoms with E-state index >= 15 is 0 Å². The van der Waals surface area contributed by atoms with Crippen molar-refractivity contribution in [3.8, 4) is 0 Å². The van der Waals surface area contributed by atoms with Crippen LogP contribution in [-0.4, -0.2) is 25.5 Å². The van der Waals surface area contributed by atoms with Crippen LogP contribution in [0, 0.1) is 5.41 Å². The van der Waals surface area contributed by atoms with Gasteiger partial charge in [0, 0.05) is 18.5 Å². The van der Waals surface area contributed by atoms with Gasteiger partial charge >= 0.3 is 0 Å². The predicted molar refractivity (Wildman–Crippen MR) is 67.8 cm³/mol. The Hall–Kier alpha value is -0.540. The summed E-state index contributed by atoms with van der Waals surface area (Å²) in [6, 6.07) is 0. The number of hydrogen-bond acceptors (Lipinski definition) is 2. The second-order valence-electron chi connectivity index (χ2n) is 4.63. The molecule has 1 amide bonds. The fourth-order valence-electron chi connectivity index (χ4n) is 2.10. The van der Waals surface area contributed by atoms with Crippen molar-refractivity contribution in [3.05, 3.63) is 11.6 Å². The molecule has 0 spiro atoms. The maximum absolute atomic E-state index is 11.8. The maximum Gasteiger partial charge on any atom is 0.226 e. The summed E-state index contributed by atoms with van der Waals surface area (Å²) < 4.78 is 0. The van der Waals surface area contributed by atoms with Crippen molar-refractivity contribution in [3.63, 3.8) is 0 Å². The summed E-state index contributed by atoms with van der Waals surface area (Å²) in [6.07, 6.45) is 6.40. The summed E-state index contributed by atoms with van der Waals surface area (Å²) in [4.78, 5) is 11.8. The zero-order valence-corrected chi connectivity index (χ0v) is 10.7. The van der Waals surface area contributed by atoms with Crippen LogP contribution in [0.3, 0.4) is 0 Å². The van der Waals surface area contributed by atoms with Crippen LogP contribution in [0.5, 0.6) is 0 Å². The van der Waals surface area contributed by atoms with E-state index in [0.29, 0.717) is 0 Å². The molecule has 3 nitrogen and oxygen atoms in total. The SMILES string of the molecule is CCC1(C(=O)NCC2=CCNCC2)CC1.Cl. The molecule has 92 valence electrons. The van der Waals surface area contributed by atoms with E-state index in [1.54, 1.807) is 0 Å². The quantitative estimate of drug-likeness (QED) is 0.739. The fourth-order valence-corrected chi connectivity index (χ4v) is 2.10. The van der Waals surface area contributed by atoms with Gasteiger partial charge in [-0.05, 0) is 32.2 Å². The molecule has 0 unspecified atom stereocenters. The van der Waals surface area contributed by atoms with Gasteiger partial charge in [-0.3, -0.25) is 4.79 Å². The van der Waals surface area contributed by atoms with Crippen LogP contribution in [0.1, 0.15) is 32.6 Å². The van der Waals surface area contributed by atoms with Crippen LogP contribution < -0.4 is 10.6 Å². The van der Waals surface area contributed by atoms with E-state index in [1.807, 2.05) is 0 Å². The van der Waals surface area contributed by atoms with Gasteiger partial charge in [0.1, 0.15) is 0 Å². The molecule has 0 aromatic heterocycles. The third kappa shape index (κ3) is 2.98. The molecular weight excluding hydrogens is 224 g/mol. The van der Waals surface area contributed by atoms with Gasteiger partial charge in [0.2, 0.25) is 5.91 Å². The third-order valence-corrected chi connectivity index (χ3v) is 3.65. The zero-order valence-electron chi connectivity index (χ0n) is 9.84. The number of carbonyl (C=O) groups excluding carboxylic acids is 1. The minimum Gasteiger partial charge on any atom is -0.352 e. The Morgan fingerprint density at radius 2 is 2.31 bits per heavy atom. The van der Waals surface area contributed by atoms with Crippen molar-refractivity contribution in [2.24, 2.45) is 5.41 Å². The standard InChI is InChI=1S/C12H20N2O.ClH/c1-2-12(5-6-12)11(15)14-9-10-3-7-13-8-4-10;/h3,13H,2,4-9H2,1H3,(H,14,15);1H. The highest BCUT2D eigenvalue weighted by Crippen LogP contribution is 2.48. The minimum absolute atomic E-state index is 0. The average Bonchev–Trinajstić information content (AvgIpc) is 3.08. The van der Waals surface area contributed by atoms with Crippen molar-refractivity contribution >= 4 is 18.3 Å². The van der Waals surface area contributed by atoms with Gasteiger partial charge in [0.25, 0.3) is 0 Å². The zero-order chi connectivity index (χ0) is 10.7. The summed E-state index contributed by atoms with van der Waals surface area (Å²) >= 11 is 0. The van der Waals surface area contributed by atoms with Gasteiger partial charge in [0.15, 0.2) is 0 Å². The van der Waals surface area contributed by atoms with Crippen LogP contribution >= 0.6 is 12.4 Å².